The molecule has 2 aromatic rings. The Hall–Kier alpha value is -1.62. The van der Waals surface area contributed by atoms with E-state index in [-0.39, 0.29) is 0 Å². The van der Waals surface area contributed by atoms with Gasteiger partial charge < -0.3 is 14.3 Å². The van der Waals surface area contributed by atoms with Gasteiger partial charge in [0.2, 0.25) is 6.39 Å². The van der Waals surface area contributed by atoms with E-state index in [0.717, 1.165) is 5.76 Å². The summed E-state index contributed by atoms with van der Waals surface area (Å²) in [5, 5.41) is 6.77. The highest BCUT2D eigenvalue weighted by atomic mass is 16.5. The topological polar surface area (TPSA) is 64.1 Å². The number of nitrogens with zero attached hydrogens (tertiary/aromatic N) is 2. The molecule has 13 heavy (non-hydrogen) atoms. The van der Waals surface area contributed by atoms with Crippen LogP contribution in [0.4, 0.5) is 0 Å². The minimum Gasteiger partial charge on any atom is -0.468 e. The maximum atomic E-state index is 5.13. The molecule has 68 valence electrons. The molecule has 0 saturated carbocycles. The van der Waals surface area contributed by atoms with Crippen LogP contribution in [0.5, 0.6) is 0 Å². The zero-order valence-electron chi connectivity index (χ0n) is 6.93. The second kappa shape index (κ2) is 3.86. The predicted molar refractivity (Wildman–Crippen MR) is 43.5 cm³/mol. The average Bonchev–Trinajstić information content (AvgIpc) is 2.75. The zero-order chi connectivity index (χ0) is 8.93. The van der Waals surface area contributed by atoms with Gasteiger partial charge in [0.05, 0.1) is 19.4 Å². The van der Waals surface area contributed by atoms with Gasteiger partial charge in [-0.1, -0.05) is 5.16 Å². The van der Waals surface area contributed by atoms with Gasteiger partial charge >= 0.3 is 0 Å². The summed E-state index contributed by atoms with van der Waals surface area (Å²) in [7, 11) is 0. The number of hydrogen-bond donors (Lipinski definition) is 1. The Labute approximate surface area is 74.7 Å². The molecule has 0 aliphatic rings. The molecular weight excluding hydrogens is 170 g/mol. The Morgan fingerprint density at radius 2 is 2.38 bits per heavy atom. The van der Waals surface area contributed by atoms with E-state index >= 15 is 0 Å². The Balaban J connectivity index is 1.76. The van der Waals surface area contributed by atoms with Crippen molar-refractivity contribution in [2.75, 3.05) is 0 Å². The normalized spacial score (nSPS) is 10.5. The second-order valence-corrected chi connectivity index (χ2v) is 2.53. The summed E-state index contributed by atoms with van der Waals surface area (Å²) in [5.74, 6) is 1.54. The zero-order valence-corrected chi connectivity index (χ0v) is 6.93. The number of hydrogen-bond acceptors (Lipinski definition) is 5. The molecule has 2 aromatic heterocycles. The number of rotatable bonds is 4. The molecule has 0 amide bonds. The van der Waals surface area contributed by atoms with Gasteiger partial charge in [-0.25, -0.2) is 0 Å². The van der Waals surface area contributed by atoms with E-state index in [1.165, 1.54) is 6.39 Å². The highest BCUT2D eigenvalue weighted by Gasteiger charge is 1.98. The van der Waals surface area contributed by atoms with Crippen LogP contribution in [0, 0.1) is 0 Å². The highest BCUT2D eigenvalue weighted by Crippen LogP contribution is 1.98. The third-order valence-corrected chi connectivity index (χ3v) is 1.57. The molecule has 5 heteroatoms. The molecule has 0 aliphatic heterocycles. The lowest BCUT2D eigenvalue weighted by atomic mass is 10.4. The van der Waals surface area contributed by atoms with Crippen LogP contribution in [0.2, 0.25) is 0 Å². The van der Waals surface area contributed by atoms with Gasteiger partial charge in [0.15, 0.2) is 5.82 Å². The largest absolute Gasteiger partial charge is 0.468 e. The maximum absolute atomic E-state index is 5.13. The first-order chi connectivity index (χ1) is 6.45. The number of furan rings is 1. The van der Waals surface area contributed by atoms with E-state index in [9.17, 15) is 0 Å². The second-order valence-electron chi connectivity index (χ2n) is 2.53. The van der Waals surface area contributed by atoms with Crippen LogP contribution in [0.1, 0.15) is 11.6 Å². The van der Waals surface area contributed by atoms with Gasteiger partial charge in [-0.3, -0.25) is 0 Å². The third-order valence-electron chi connectivity index (χ3n) is 1.57. The van der Waals surface area contributed by atoms with Crippen LogP contribution < -0.4 is 5.32 Å². The molecule has 0 unspecified atom stereocenters. The van der Waals surface area contributed by atoms with Crippen molar-refractivity contribution in [1.82, 2.24) is 15.5 Å². The van der Waals surface area contributed by atoms with Crippen molar-refractivity contribution in [2.24, 2.45) is 0 Å². The summed E-state index contributed by atoms with van der Waals surface area (Å²) >= 11 is 0. The fourth-order valence-electron chi connectivity index (χ4n) is 0.981. The quantitative estimate of drug-likeness (QED) is 0.757. The summed E-state index contributed by atoms with van der Waals surface area (Å²) in [5.41, 5.74) is 0. The van der Waals surface area contributed by atoms with Crippen molar-refractivity contribution in [3.63, 3.8) is 0 Å². The lowest BCUT2D eigenvalue weighted by molar-refractivity contribution is 0.405. The summed E-state index contributed by atoms with van der Waals surface area (Å²) in [4.78, 5) is 3.86. The minimum absolute atomic E-state index is 0.581. The third kappa shape index (κ3) is 2.16. The fourth-order valence-corrected chi connectivity index (χ4v) is 0.981. The molecular formula is C8H9N3O2. The molecule has 1 N–H and O–H groups in total. The standard InChI is InChI=1S/C8H9N3O2/c1-2-7(12-3-1)4-9-5-8-10-6-13-11-8/h1-3,6,9H,4-5H2. The molecule has 0 radical (unpaired) electrons. The molecule has 0 spiro atoms. The molecule has 0 aromatic carbocycles. The number of nitrogens with one attached hydrogen (secondary N) is 1. The van der Waals surface area contributed by atoms with Gasteiger partial charge in [0.25, 0.3) is 0 Å². The Morgan fingerprint density at radius 1 is 1.38 bits per heavy atom. The first-order valence-electron chi connectivity index (χ1n) is 3.93. The smallest absolute Gasteiger partial charge is 0.213 e. The molecule has 0 saturated heterocycles. The molecule has 0 atom stereocenters. The predicted octanol–water partition coefficient (Wildman–Crippen LogP) is 0.952. The molecule has 5 nitrogen and oxygen atoms in total. The summed E-state index contributed by atoms with van der Waals surface area (Å²) in [6, 6.07) is 3.76. The van der Waals surface area contributed by atoms with Crippen molar-refractivity contribution in [2.45, 2.75) is 13.1 Å². The monoisotopic (exact) mass is 179 g/mol. The SMILES string of the molecule is c1coc(CNCc2ncon2)c1. The van der Waals surface area contributed by atoms with Crippen molar-refractivity contribution in [3.8, 4) is 0 Å². The van der Waals surface area contributed by atoms with Gasteiger partial charge in [0, 0.05) is 0 Å². The van der Waals surface area contributed by atoms with Crippen LogP contribution >= 0.6 is 0 Å². The average molecular weight is 179 g/mol. The summed E-state index contributed by atoms with van der Waals surface area (Å²) in [6.45, 7) is 1.25. The molecule has 2 heterocycles. The Kier molecular flexibility index (Phi) is 2.38. The van der Waals surface area contributed by atoms with Gasteiger partial charge in [0.1, 0.15) is 5.76 Å². The molecule has 0 bridgehead atoms. The van der Waals surface area contributed by atoms with Crippen molar-refractivity contribution in [3.05, 3.63) is 36.4 Å². The van der Waals surface area contributed by atoms with Gasteiger partial charge in [-0.05, 0) is 12.1 Å². The van der Waals surface area contributed by atoms with Crippen molar-refractivity contribution >= 4 is 0 Å². The first kappa shape index (κ1) is 8.00. The Morgan fingerprint density at radius 3 is 3.08 bits per heavy atom. The van der Waals surface area contributed by atoms with Crippen LogP contribution in [-0.4, -0.2) is 10.1 Å². The lowest BCUT2D eigenvalue weighted by Gasteiger charge is -1.96. The van der Waals surface area contributed by atoms with Crippen LogP contribution in [0.15, 0.2) is 33.7 Å². The van der Waals surface area contributed by atoms with Crippen LogP contribution in [-0.2, 0) is 13.1 Å². The summed E-state index contributed by atoms with van der Waals surface area (Å²) < 4.78 is 9.70. The maximum Gasteiger partial charge on any atom is 0.213 e. The highest BCUT2D eigenvalue weighted by molar-refractivity contribution is 4.97. The van der Waals surface area contributed by atoms with E-state index in [4.69, 9.17) is 4.42 Å². The molecule has 2 rings (SSSR count). The van der Waals surface area contributed by atoms with E-state index in [0.29, 0.717) is 18.9 Å². The van der Waals surface area contributed by atoms with Crippen molar-refractivity contribution in [1.29, 1.82) is 0 Å². The van der Waals surface area contributed by atoms with Crippen LogP contribution in [0.3, 0.4) is 0 Å². The van der Waals surface area contributed by atoms with E-state index in [1.807, 2.05) is 12.1 Å². The van der Waals surface area contributed by atoms with Gasteiger partial charge in [-0.2, -0.15) is 4.98 Å². The van der Waals surface area contributed by atoms with E-state index in [2.05, 4.69) is 20.0 Å². The first-order valence-corrected chi connectivity index (χ1v) is 3.93. The Bertz CT molecular complexity index is 294. The molecule has 0 aliphatic carbocycles. The van der Waals surface area contributed by atoms with Crippen molar-refractivity contribution < 1.29 is 8.94 Å². The minimum atomic E-state index is 0.581. The number of aromatic nitrogens is 2. The molecule has 0 fully saturated rings. The van der Waals surface area contributed by atoms with E-state index < -0.39 is 0 Å². The van der Waals surface area contributed by atoms with Crippen LogP contribution in [0.25, 0.3) is 0 Å². The summed E-state index contributed by atoms with van der Waals surface area (Å²) in [6.07, 6.45) is 2.95. The van der Waals surface area contributed by atoms with E-state index in [1.54, 1.807) is 6.26 Å². The lowest BCUT2D eigenvalue weighted by Crippen LogP contribution is -2.12. The fraction of sp³-hybridized carbons (Fsp3) is 0.250. The van der Waals surface area contributed by atoms with Gasteiger partial charge in [-0.15, -0.1) is 0 Å².